The number of amides is 1. The first kappa shape index (κ1) is 14.3. The van der Waals surface area contributed by atoms with E-state index >= 15 is 0 Å². The van der Waals surface area contributed by atoms with Gasteiger partial charge in [0.2, 0.25) is 5.91 Å². The summed E-state index contributed by atoms with van der Waals surface area (Å²) in [5.41, 5.74) is 6.35. The Balaban J connectivity index is 2.69. The van der Waals surface area contributed by atoms with E-state index in [0.717, 1.165) is 5.56 Å². The van der Waals surface area contributed by atoms with Gasteiger partial charge in [-0.1, -0.05) is 13.0 Å². The van der Waals surface area contributed by atoms with E-state index in [1.807, 2.05) is 32.0 Å². The molecule has 5 nitrogen and oxygen atoms in total. The Bertz CT molecular complexity index is 407. The molecule has 18 heavy (non-hydrogen) atoms. The van der Waals surface area contributed by atoms with Gasteiger partial charge in [-0.3, -0.25) is 4.79 Å². The van der Waals surface area contributed by atoms with Crippen molar-refractivity contribution in [3.8, 4) is 11.5 Å². The van der Waals surface area contributed by atoms with Gasteiger partial charge in [-0.15, -0.1) is 0 Å². The number of aryl methyl sites for hydroxylation is 1. The highest BCUT2D eigenvalue weighted by atomic mass is 16.5. The van der Waals surface area contributed by atoms with Crippen LogP contribution in [0.4, 0.5) is 0 Å². The van der Waals surface area contributed by atoms with E-state index in [4.69, 9.17) is 15.2 Å². The van der Waals surface area contributed by atoms with Crippen LogP contribution in [-0.4, -0.2) is 32.2 Å². The van der Waals surface area contributed by atoms with Gasteiger partial charge in [0, 0.05) is 0 Å². The lowest BCUT2D eigenvalue weighted by molar-refractivity contribution is -0.120. The molecule has 1 aromatic carbocycles. The summed E-state index contributed by atoms with van der Waals surface area (Å²) in [5, 5.41) is 2.96. The Hall–Kier alpha value is -1.75. The number of likely N-dealkylation sites (N-methyl/N-ethyl adjacent to an activating group) is 1. The molecule has 1 unspecified atom stereocenters. The van der Waals surface area contributed by atoms with E-state index in [-0.39, 0.29) is 6.61 Å². The van der Waals surface area contributed by atoms with Gasteiger partial charge in [-0.05, 0) is 31.2 Å². The van der Waals surface area contributed by atoms with Crippen LogP contribution in [0.3, 0.4) is 0 Å². The van der Waals surface area contributed by atoms with Crippen molar-refractivity contribution in [1.29, 1.82) is 0 Å². The van der Waals surface area contributed by atoms with Gasteiger partial charge in [-0.25, -0.2) is 0 Å². The summed E-state index contributed by atoms with van der Waals surface area (Å²) in [4.78, 5) is 11.2. The largest absolute Gasteiger partial charge is 0.493 e. The SMILES string of the molecule is CCNC(COc1ccc(C)cc1OC)C(N)=O. The predicted molar refractivity (Wildman–Crippen MR) is 69.9 cm³/mol. The molecule has 0 spiro atoms. The van der Waals surface area contributed by atoms with E-state index in [1.54, 1.807) is 7.11 Å². The molecular weight excluding hydrogens is 232 g/mol. The molecule has 1 atom stereocenters. The van der Waals surface area contributed by atoms with E-state index in [0.29, 0.717) is 18.0 Å². The first-order valence-corrected chi connectivity index (χ1v) is 5.88. The van der Waals surface area contributed by atoms with Crippen molar-refractivity contribution in [3.05, 3.63) is 23.8 Å². The van der Waals surface area contributed by atoms with Gasteiger partial charge in [0.05, 0.1) is 7.11 Å². The van der Waals surface area contributed by atoms with Crippen molar-refractivity contribution >= 4 is 5.91 Å². The van der Waals surface area contributed by atoms with Gasteiger partial charge < -0.3 is 20.5 Å². The van der Waals surface area contributed by atoms with E-state index in [9.17, 15) is 4.79 Å². The molecule has 1 aromatic rings. The van der Waals surface area contributed by atoms with Crippen LogP contribution < -0.4 is 20.5 Å². The molecule has 0 aromatic heterocycles. The van der Waals surface area contributed by atoms with E-state index < -0.39 is 11.9 Å². The highest BCUT2D eigenvalue weighted by molar-refractivity contribution is 5.80. The number of benzene rings is 1. The van der Waals surface area contributed by atoms with Crippen molar-refractivity contribution in [1.82, 2.24) is 5.32 Å². The van der Waals surface area contributed by atoms with Crippen LogP contribution in [0.25, 0.3) is 0 Å². The molecule has 0 fully saturated rings. The van der Waals surface area contributed by atoms with Gasteiger partial charge in [0.1, 0.15) is 12.6 Å². The molecule has 1 rings (SSSR count). The van der Waals surface area contributed by atoms with Crippen molar-refractivity contribution in [2.45, 2.75) is 19.9 Å². The lowest BCUT2D eigenvalue weighted by Crippen LogP contribution is -2.45. The summed E-state index contributed by atoms with van der Waals surface area (Å²) in [7, 11) is 1.58. The Morgan fingerprint density at radius 3 is 2.72 bits per heavy atom. The molecule has 100 valence electrons. The molecular formula is C13H20N2O3. The molecule has 0 saturated heterocycles. The topological polar surface area (TPSA) is 73.6 Å². The molecule has 0 heterocycles. The molecule has 0 radical (unpaired) electrons. The van der Waals surface area contributed by atoms with Crippen LogP contribution in [-0.2, 0) is 4.79 Å². The molecule has 0 aliphatic rings. The number of carbonyl (C=O) groups is 1. The quantitative estimate of drug-likeness (QED) is 0.754. The second-order valence-corrected chi connectivity index (χ2v) is 3.98. The van der Waals surface area contributed by atoms with Crippen LogP contribution in [0.1, 0.15) is 12.5 Å². The third kappa shape index (κ3) is 3.92. The van der Waals surface area contributed by atoms with Crippen LogP contribution in [0, 0.1) is 6.92 Å². The van der Waals surface area contributed by atoms with E-state index in [1.165, 1.54) is 0 Å². The number of hydrogen-bond donors (Lipinski definition) is 2. The Kier molecular flexibility index (Phi) is 5.45. The number of hydrogen-bond acceptors (Lipinski definition) is 4. The Morgan fingerprint density at radius 2 is 2.17 bits per heavy atom. The van der Waals surface area contributed by atoms with Crippen LogP contribution in [0.2, 0.25) is 0 Å². The number of nitrogens with two attached hydrogens (primary N) is 1. The minimum atomic E-state index is -0.499. The van der Waals surface area contributed by atoms with Crippen molar-refractivity contribution in [3.63, 3.8) is 0 Å². The fourth-order valence-electron chi connectivity index (χ4n) is 1.56. The Labute approximate surface area is 107 Å². The Morgan fingerprint density at radius 1 is 1.44 bits per heavy atom. The first-order valence-electron chi connectivity index (χ1n) is 5.88. The third-order valence-corrected chi connectivity index (χ3v) is 2.52. The fraction of sp³-hybridized carbons (Fsp3) is 0.462. The number of rotatable bonds is 7. The van der Waals surface area contributed by atoms with Crippen molar-refractivity contribution in [2.75, 3.05) is 20.3 Å². The van der Waals surface area contributed by atoms with E-state index in [2.05, 4.69) is 5.32 Å². The number of ether oxygens (including phenoxy) is 2. The van der Waals surface area contributed by atoms with Gasteiger partial charge >= 0.3 is 0 Å². The second kappa shape index (κ2) is 6.86. The third-order valence-electron chi connectivity index (χ3n) is 2.52. The maximum Gasteiger partial charge on any atom is 0.238 e. The summed E-state index contributed by atoms with van der Waals surface area (Å²) in [5.74, 6) is 0.824. The minimum absolute atomic E-state index is 0.183. The fourth-order valence-corrected chi connectivity index (χ4v) is 1.56. The molecule has 3 N–H and O–H groups in total. The van der Waals surface area contributed by atoms with Gasteiger partial charge in [0.25, 0.3) is 0 Å². The summed E-state index contributed by atoms with van der Waals surface area (Å²) in [6.07, 6.45) is 0. The average Bonchev–Trinajstić information content (AvgIpc) is 2.35. The van der Waals surface area contributed by atoms with Crippen LogP contribution >= 0.6 is 0 Å². The first-order chi connectivity index (χ1) is 8.58. The standard InChI is InChI=1S/C13H20N2O3/c1-4-15-10(13(14)16)8-18-11-6-5-9(2)7-12(11)17-3/h5-7,10,15H,4,8H2,1-3H3,(H2,14,16). The lowest BCUT2D eigenvalue weighted by Gasteiger charge is -2.16. The number of primary amides is 1. The smallest absolute Gasteiger partial charge is 0.238 e. The summed E-state index contributed by atoms with van der Waals surface area (Å²) >= 11 is 0. The average molecular weight is 252 g/mol. The molecule has 0 aliphatic heterocycles. The summed E-state index contributed by atoms with van der Waals surface area (Å²) in [6, 6.07) is 5.12. The molecule has 0 saturated carbocycles. The monoisotopic (exact) mass is 252 g/mol. The zero-order valence-electron chi connectivity index (χ0n) is 11.0. The van der Waals surface area contributed by atoms with Crippen molar-refractivity contribution < 1.29 is 14.3 Å². The van der Waals surface area contributed by atoms with Crippen LogP contribution in [0.5, 0.6) is 11.5 Å². The lowest BCUT2D eigenvalue weighted by atomic mass is 10.2. The van der Waals surface area contributed by atoms with Crippen molar-refractivity contribution in [2.24, 2.45) is 5.73 Å². The number of carbonyl (C=O) groups excluding carboxylic acids is 1. The maximum atomic E-state index is 11.2. The van der Waals surface area contributed by atoms with Gasteiger partial charge in [0.15, 0.2) is 11.5 Å². The second-order valence-electron chi connectivity index (χ2n) is 3.98. The molecule has 1 amide bonds. The molecule has 5 heteroatoms. The minimum Gasteiger partial charge on any atom is -0.493 e. The maximum absolute atomic E-state index is 11.2. The number of nitrogens with one attached hydrogen (secondary N) is 1. The van der Waals surface area contributed by atoms with Gasteiger partial charge in [-0.2, -0.15) is 0 Å². The normalized spacial score (nSPS) is 11.9. The highest BCUT2D eigenvalue weighted by Gasteiger charge is 2.15. The number of methoxy groups -OCH3 is 1. The molecule has 0 aliphatic carbocycles. The summed E-state index contributed by atoms with van der Waals surface area (Å²) < 4.78 is 10.8. The zero-order chi connectivity index (χ0) is 13.5. The predicted octanol–water partition coefficient (Wildman–Crippen LogP) is 0.846. The summed E-state index contributed by atoms with van der Waals surface area (Å²) in [6.45, 7) is 4.71. The van der Waals surface area contributed by atoms with Crippen LogP contribution in [0.15, 0.2) is 18.2 Å². The zero-order valence-corrected chi connectivity index (χ0v) is 11.0. The molecule has 0 bridgehead atoms. The highest BCUT2D eigenvalue weighted by Crippen LogP contribution is 2.27.